The minimum absolute atomic E-state index is 0. The van der Waals surface area contributed by atoms with Crippen LogP contribution in [-0.4, -0.2) is 46.2 Å². The van der Waals surface area contributed by atoms with Gasteiger partial charge in [0.15, 0.2) is 0 Å². The molecule has 0 saturated heterocycles. The topological polar surface area (TPSA) is 141 Å². The molecule has 15 heteroatoms. The zero-order valence-corrected chi connectivity index (χ0v) is 25.1. The Hall–Kier alpha value is -3.17. The van der Waals surface area contributed by atoms with Gasteiger partial charge in [-0.15, -0.1) is 0 Å². The monoisotopic (exact) mass is 726 g/mol. The van der Waals surface area contributed by atoms with Crippen LogP contribution in [0.5, 0.6) is 0 Å². The van der Waals surface area contributed by atoms with E-state index in [0.717, 1.165) is 19.6 Å². The van der Waals surface area contributed by atoms with Gasteiger partial charge >= 0.3 is 0 Å². The van der Waals surface area contributed by atoms with Gasteiger partial charge in [0.2, 0.25) is 0 Å². The Kier molecular flexibility index (Phi) is 10.6. The maximum absolute atomic E-state index is 12.5. The van der Waals surface area contributed by atoms with E-state index in [2.05, 4.69) is 57.1 Å². The van der Waals surface area contributed by atoms with Crippen LogP contribution >= 0.6 is 42.5 Å². The number of pyridine rings is 2. The number of benzene rings is 2. The van der Waals surface area contributed by atoms with Gasteiger partial charge in [-0.3, -0.25) is 5.10 Å². The smallest absolute Gasteiger partial charge is 0.276 e. The van der Waals surface area contributed by atoms with Gasteiger partial charge in [0.1, 0.15) is 14.7 Å². The van der Waals surface area contributed by atoms with E-state index >= 15 is 0 Å². The molecule has 0 aliphatic heterocycles. The number of hydrogen-bond donors (Lipinski definition) is 1. The van der Waals surface area contributed by atoms with E-state index in [4.69, 9.17) is 10.7 Å². The molecule has 6 rings (SSSR count). The molecule has 10 nitrogen and oxygen atoms in total. The van der Waals surface area contributed by atoms with Crippen LogP contribution in [0.2, 0.25) is 0 Å². The molecule has 208 valence electrons. The molecule has 40 heavy (non-hydrogen) atoms. The predicted molar refractivity (Wildman–Crippen MR) is 162 cm³/mol. The van der Waals surface area contributed by atoms with Crippen LogP contribution in [0.1, 0.15) is 7.43 Å². The van der Waals surface area contributed by atoms with E-state index in [-0.39, 0.29) is 17.2 Å². The first kappa shape index (κ1) is 31.4. The summed E-state index contributed by atoms with van der Waals surface area (Å²) < 4.78 is 48.6. The molecule has 0 unspecified atom stereocenters. The van der Waals surface area contributed by atoms with Crippen LogP contribution in [0, 0.1) is 0 Å². The minimum atomic E-state index is -3.68. The van der Waals surface area contributed by atoms with Crippen molar-refractivity contribution < 1.29 is 16.8 Å². The molecule has 4 aromatic heterocycles. The second-order valence-corrected chi connectivity index (χ2v) is 13.5. The number of aromatic amines is 1. The number of hydrogen-bond acceptors (Lipinski definition) is 8. The molecule has 0 atom stereocenters. The Labute approximate surface area is 252 Å². The SMILES string of the molecule is Brc1cc2cn[nH]c2cn1.C.O=S(=O)(Cl)c1ccccc1.O=S(=O)(c1ccccc1)n1ncc2cc(Br)ncc21. The molecule has 0 fully saturated rings. The highest BCUT2D eigenvalue weighted by molar-refractivity contribution is 9.10. The molecule has 0 amide bonds. The van der Waals surface area contributed by atoms with Crippen LogP contribution in [0.4, 0.5) is 0 Å². The van der Waals surface area contributed by atoms with E-state index in [9.17, 15) is 16.8 Å². The molecular weight excluding hydrogens is 708 g/mol. The van der Waals surface area contributed by atoms with E-state index in [1.54, 1.807) is 54.9 Å². The summed E-state index contributed by atoms with van der Waals surface area (Å²) in [7, 11) is -2.18. The lowest BCUT2D eigenvalue weighted by Gasteiger charge is -2.05. The van der Waals surface area contributed by atoms with Crippen LogP contribution < -0.4 is 0 Å². The van der Waals surface area contributed by atoms with Crippen LogP contribution in [-0.2, 0) is 19.1 Å². The molecule has 0 aliphatic carbocycles. The highest BCUT2D eigenvalue weighted by Gasteiger charge is 2.20. The van der Waals surface area contributed by atoms with Crippen LogP contribution in [0.15, 0.2) is 117 Å². The number of halogens is 3. The van der Waals surface area contributed by atoms with Gasteiger partial charge in [0.25, 0.3) is 19.1 Å². The summed E-state index contributed by atoms with van der Waals surface area (Å²) in [6.45, 7) is 0. The summed E-state index contributed by atoms with van der Waals surface area (Å²) >= 11 is 6.50. The fourth-order valence-corrected chi connectivity index (χ4v) is 5.93. The Morgan fingerprint density at radius 3 is 1.85 bits per heavy atom. The third-order valence-corrected chi connectivity index (χ3v) is 8.82. The standard InChI is InChI=1S/C12H8BrN3O2S.C6H4BrN3.C6H5ClO2S.CH4/c13-12-6-9-7-15-16(11(9)8-14-12)19(17,18)10-4-2-1-3-5-10;7-6-1-4-2-9-10-5(4)3-8-6;7-10(8,9)6-4-2-1-3-5-6;/h1-8H;1-3H,(H,9,10);1-5H;1H4. The number of H-pyrrole nitrogens is 1. The molecule has 0 aliphatic rings. The number of nitrogens with zero attached hydrogens (tertiary/aromatic N) is 5. The van der Waals surface area contributed by atoms with Crippen molar-refractivity contribution in [3.05, 3.63) is 107 Å². The highest BCUT2D eigenvalue weighted by Crippen LogP contribution is 2.21. The normalized spacial score (nSPS) is 11.1. The molecule has 2 aromatic carbocycles. The molecule has 0 radical (unpaired) electrons. The van der Waals surface area contributed by atoms with Gasteiger partial charge in [-0.25, -0.2) is 18.4 Å². The quantitative estimate of drug-likeness (QED) is 0.163. The first-order chi connectivity index (χ1) is 18.6. The lowest BCUT2D eigenvalue weighted by molar-refractivity contribution is 0.582. The third kappa shape index (κ3) is 7.73. The summed E-state index contributed by atoms with van der Waals surface area (Å²) in [6, 6.07) is 19.7. The van der Waals surface area contributed by atoms with Gasteiger partial charge in [-0.05, 0) is 68.3 Å². The lowest BCUT2D eigenvalue weighted by atomic mass is 10.3. The summed E-state index contributed by atoms with van der Waals surface area (Å²) in [6.07, 6.45) is 6.49. The second-order valence-electron chi connectivity index (χ2n) is 7.59. The van der Waals surface area contributed by atoms with E-state index in [0.29, 0.717) is 15.5 Å². The Bertz CT molecular complexity index is 1940. The summed E-state index contributed by atoms with van der Waals surface area (Å²) in [4.78, 5) is 8.40. The molecule has 4 heterocycles. The van der Waals surface area contributed by atoms with Gasteiger partial charge < -0.3 is 0 Å². The van der Waals surface area contributed by atoms with Gasteiger partial charge in [-0.1, -0.05) is 43.8 Å². The predicted octanol–water partition coefficient (Wildman–Crippen LogP) is 6.40. The molecule has 0 spiro atoms. The molecule has 1 N–H and O–H groups in total. The highest BCUT2D eigenvalue weighted by atomic mass is 79.9. The van der Waals surface area contributed by atoms with Crippen molar-refractivity contribution >= 4 is 83.4 Å². The number of fused-ring (bicyclic) bond motifs is 2. The van der Waals surface area contributed by atoms with E-state index < -0.39 is 19.1 Å². The minimum Gasteiger partial charge on any atom is -0.276 e. The summed E-state index contributed by atoms with van der Waals surface area (Å²) in [5.41, 5.74) is 1.41. The molecule has 0 saturated carbocycles. The summed E-state index contributed by atoms with van der Waals surface area (Å²) in [5.74, 6) is 0. The zero-order chi connectivity index (χ0) is 28.0. The maximum atomic E-state index is 12.5. The fourth-order valence-electron chi connectivity index (χ4n) is 3.16. The lowest BCUT2D eigenvalue weighted by Crippen LogP contribution is -2.14. The molecule has 6 aromatic rings. The number of aromatic nitrogens is 6. The first-order valence-corrected chi connectivity index (χ1v) is 16.1. The Balaban J connectivity index is 0.000000178. The fraction of sp³-hybridized carbons (Fsp3) is 0.0400. The number of rotatable bonds is 3. The molecule has 0 bridgehead atoms. The van der Waals surface area contributed by atoms with E-state index in [1.165, 1.54) is 36.7 Å². The average molecular weight is 729 g/mol. The van der Waals surface area contributed by atoms with Gasteiger partial charge in [0.05, 0.1) is 40.1 Å². The number of nitrogens with one attached hydrogen (secondary N) is 1. The zero-order valence-electron chi connectivity index (χ0n) is 19.6. The van der Waals surface area contributed by atoms with Crippen molar-refractivity contribution in [3.63, 3.8) is 0 Å². The molecular formula is C25H21Br2ClN6O4S2. The van der Waals surface area contributed by atoms with Gasteiger partial charge in [-0.2, -0.15) is 22.7 Å². The van der Waals surface area contributed by atoms with Crippen LogP contribution in [0.25, 0.3) is 21.8 Å². The second kappa shape index (κ2) is 13.5. The van der Waals surface area contributed by atoms with Crippen LogP contribution in [0.3, 0.4) is 0 Å². The van der Waals surface area contributed by atoms with Crippen molar-refractivity contribution in [2.24, 2.45) is 0 Å². The van der Waals surface area contributed by atoms with Crippen molar-refractivity contribution in [1.29, 1.82) is 0 Å². The largest absolute Gasteiger partial charge is 0.283 e. The Morgan fingerprint density at radius 2 is 1.27 bits per heavy atom. The third-order valence-electron chi connectivity index (χ3n) is 4.97. The van der Waals surface area contributed by atoms with E-state index in [1.807, 2.05) is 6.07 Å². The first-order valence-electron chi connectivity index (χ1n) is 10.8. The van der Waals surface area contributed by atoms with Gasteiger partial charge in [0, 0.05) is 21.5 Å². The van der Waals surface area contributed by atoms with Crippen molar-refractivity contribution in [2.75, 3.05) is 0 Å². The van der Waals surface area contributed by atoms with Crippen molar-refractivity contribution in [2.45, 2.75) is 17.2 Å². The maximum Gasteiger partial charge on any atom is 0.283 e. The Morgan fingerprint density at radius 1 is 0.725 bits per heavy atom. The average Bonchev–Trinajstić information content (AvgIpc) is 3.57. The van der Waals surface area contributed by atoms with Crippen molar-refractivity contribution in [1.82, 2.24) is 29.4 Å². The summed E-state index contributed by atoms with van der Waals surface area (Å²) in [5, 5.41) is 12.4. The van der Waals surface area contributed by atoms with Crippen molar-refractivity contribution in [3.8, 4) is 0 Å².